The lowest BCUT2D eigenvalue weighted by Crippen LogP contribution is -2.54. The zero-order valence-corrected chi connectivity index (χ0v) is 21.4. The summed E-state index contributed by atoms with van der Waals surface area (Å²) in [6, 6.07) is 9.81. The van der Waals surface area contributed by atoms with Crippen molar-refractivity contribution < 1.29 is 29.2 Å². The lowest BCUT2D eigenvalue weighted by Gasteiger charge is -2.32. The highest BCUT2D eigenvalue weighted by molar-refractivity contribution is 6.43. The Bertz CT molecular complexity index is 1130. The molecule has 0 fully saturated rings. The van der Waals surface area contributed by atoms with E-state index < -0.39 is 47.0 Å². The number of non-ortho nitro benzene ring substituents is 1. The number of nitro groups is 1. The van der Waals surface area contributed by atoms with Crippen molar-refractivity contribution in [1.29, 1.82) is 0 Å². The van der Waals surface area contributed by atoms with Crippen molar-refractivity contribution in [1.82, 2.24) is 4.90 Å². The van der Waals surface area contributed by atoms with Gasteiger partial charge in [-0.3, -0.25) is 29.3 Å². The highest BCUT2D eigenvalue weighted by Gasteiger charge is 2.31. The van der Waals surface area contributed by atoms with Gasteiger partial charge in [0, 0.05) is 37.1 Å². The molecule has 38 heavy (non-hydrogen) atoms. The molecule has 11 heteroatoms. The van der Waals surface area contributed by atoms with E-state index in [1.165, 1.54) is 41.3 Å². The number of carbonyl (C=O) groups excluding carboxylic acids is 4. The zero-order chi connectivity index (χ0) is 28.2. The topological polar surface area (TPSA) is 187 Å². The number of primary amides is 1. The minimum Gasteiger partial charge on any atom is -0.396 e. The van der Waals surface area contributed by atoms with E-state index in [1.54, 1.807) is 12.1 Å². The van der Waals surface area contributed by atoms with Gasteiger partial charge < -0.3 is 21.5 Å². The number of aliphatic hydroxyl groups excluding tert-OH is 1. The second-order valence-electron chi connectivity index (χ2n) is 9.02. The van der Waals surface area contributed by atoms with Crippen molar-refractivity contribution >= 4 is 29.1 Å². The van der Waals surface area contributed by atoms with Crippen molar-refractivity contribution in [3.63, 3.8) is 0 Å². The minimum absolute atomic E-state index is 0.0800. The number of nitrogens with zero attached hydrogens (tertiary/aromatic N) is 2. The number of nitro benzene ring substituents is 1. The highest BCUT2D eigenvalue weighted by atomic mass is 16.6. The fourth-order valence-electron chi connectivity index (χ4n) is 4.02. The van der Waals surface area contributed by atoms with Gasteiger partial charge in [-0.25, -0.2) is 0 Å². The first-order valence-corrected chi connectivity index (χ1v) is 12.4. The predicted octanol–water partition coefficient (Wildman–Crippen LogP) is 1.71. The second-order valence-corrected chi connectivity index (χ2v) is 9.02. The maximum atomic E-state index is 13.4. The molecule has 0 heterocycles. The van der Waals surface area contributed by atoms with Crippen LogP contribution in [-0.4, -0.2) is 63.5 Å². The molecule has 0 radical (unpaired) electrons. The number of carbonyl (C=O) groups is 4. The fourth-order valence-corrected chi connectivity index (χ4v) is 4.02. The molecule has 2 aromatic rings. The Hall–Kier alpha value is -3.96. The summed E-state index contributed by atoms with van der Waals surface area (Å²) < 4.78 is 0. The highest BCUT2D eigenvalue weighted by Crippen LogP contribution is 2.17. The molecule has 0 spiro atoms. The van der Waals surface area contributed by atoms with Gasteiger partial charge in [0.25, 0.3) is 5.69 Å². The SMILES string of the molecule is CCCCCN(C(=O)[C@@H](N)Cc1ccc(C(=O)C(=O)CCO)cc1)[C@@H](Cc1ccc([N+](=O)[O-])cc1)C(N)=O. The third-order valence-electron chi connectivity index (χ3n) is 6.15. The third kappa shape index (κ3) is 8.56. The van der Waals surface area contributed by atoms with Crippen LogP contribution in [0.3, 0.4) is 0 Å². The van der Waals surface area contributed by atoms with Crippen molar-refractivity contribution in [2.75, 3.05) is 13.2 Å². The Kier molecular flexibility index (Phi) is 11.7. The van der Waals surface area contributed by atoms with Crippen LogP contribution in [0.4, 0.5) is 5.69 Å². The summed E-state index contributed by atoms with van der Waals surface area (Å²) >= 11 is 0. The van der Waals surface area contributed by atoms with Gasteiger partial charge in [0.05, 0.1) is 17.6 Å². The molecule has 2 amide bonds. The van der Waals surface area contributed by atoms with E-state index >= 15 is 0 Å². The number of hydrogen-bond acceptors (Lipinski definition) is 8. The number of ketones is 2. The van der Waals surface area contributed by atoms with E-state index in [9.17, 15) is 29.3 Å². The average molecular weight is 527 g/mol. The Morgan fingerprint density at radius 2 is 1.55 bits per heavy atom. The van der Waals surface area contributed by atoms with Crippen molar-refractivity contribution in [3.8, 4) is 0 Å². The minimum atomic E-state index is -1.01. The standard InChI is InChI=1S/C27H34N4O7/c1-2-3-4-14-30(23(26(29)35)17-19-7-11-21(12-8-19)31(37)38)27(36)22(28)16-18-5-9-20(10-6-18)25(34)24(33)13-15-32/h5-12,22-23,32H,2-4,13-17,28H2,1H3,(H2,29,35)/t22-,23-/m0/s1. The van der Waals surface area contributed by atoms with Gasteiger partial charge in [0.2, 0.25) is 23.4 Å². The molecule has 2 aromatic carbocycles. The van der Waals surface area contributed by atoms with Crippen LogP contribution in [-0.2, 0) is 27.2 Å². The van der Waals surface area contributed by atoms with Gasteiger partial charge in [-0.15, -0.1) is 0 Å². The van der Waals surface area contributed by atoms with Crippen LogP contribution in [0.2, 0.25) is 0 Å². The summed E-state index contributed by atoms with van der Waals surface area (Å²) in [5.74, 6) is -2.58. The van der Waals surface area contributed by atoms with Crippen molar-refractivity contribution in [2.45, 2.75) is 57.5 Å². The van der Waals surface area contributed by atoms with Crippen LogP contribution >= 0.6 is 0 Å². The number of Topliss-reactive ketones (excluding diaryl/α,β-unsaturated/α-hetero) is 2. The van der Waals surface area contributed by atoms with Crippen molar-refractivity contribution in [3.05, 3.63) is 75.3 Å². The number of hydrogen-bond donors (Lipinski definition) is 3. The first-order valence-electron chi connectivity index (χ1n) is 12.4. The number of unbranched alkanes of at least 4 members (excludes halogenated alkanes) is 2. The smallest absolute Gasteiger partial charge is 0.269 e. The van der Waals surface area contributed by atoms with E-state index in [1.807, 2.05) is 6.92 Å². The van der Waals surface area contributed by atoms with Gasteiger partial charge in [0.1, 0.15) is 6.04 Å². The molecule has 0 saturated heterocycles. The number of amides is 2. The number of benzene rings is 2. The largest absolute Gasteiger partial charge is 0.396 e. The molecule has 204 valence electrons. The quantitative estimate of drug-likeness (QED) is 0.0969. The zero-order valence-electron chi connectivity index (χ0n) is 21.4. The summed E-state index contributed by atoms with van der Waals surface area (Å²) in [4.78, 5) is 61.5. The first kappa shape index (κ1) is 30.3. The molecule has 11 nitrogen and oxygen atoms in total. The van der Waals surface area contributed by atoms with Crippen LogP contribution in [0, 0.1) is 10.1 Å². The Labute approximate surface area is 220 Å². The summed E-state index contributed by atoms with van der Waals surface area (Å²) in [5.41, 5.74) is 13.3. The molecule has 2 rings (SSSR count). The number of nitrogens with two attached hydrogens (primary N) is 2. The predicted molar refractivity (Wildman–Crippen MR) is 140 cm³/mol. The summed E-state index contributed by atoms with van der Waals surface area (Å²) in [5, 5.41) is 19.8. The van der Waals surface area contributed by atoms with Gasteiger partial charge >= 0.3 is 0 Å². The van der Waals surface area contributed by atoms with Gasteiger partial charge in [-0.2, -0.15) is 0 Å². The summed E-state index contributed by atoms with van der Waals surface area (Å²) in [6.45, 7) is 1.86. The molecule has 0 aliphatic rings. The van der Waals surface area contributed by atoms with Crippen LogP contribution in [0.1, 0.15) is 54.1 Å². The molecule has 0 aliphatic carbocycles. The van der Waals surface area contributed by atoms with Crippen LogP contribution in [0.5, 0.6) is 0 Å². The van der Waals surface area contributed by atoms with E-state index in [2.05, 4.69) is 0 Å². The third-order valence-corrected chi connectivity index (χ3v) is 6.15. The Morgan fingerprint density at radius 3 is 2.08 bits per heavy atom. The van der Waals surface area contributed by atoms with Gasteiger partial charge in [-0.1, -0.05) is 56.2 Å². The van der Waals surface area contributed by atoms with Crippen LogP contribution in [0.25, 0.3) is 0 Å². The van der Waals surface area contributed by atoms with Crippen molar-refractivity contribution in [2.24, 2.45) is 11.5 Å². The van der Waals surface area contributed by atoms with E-state index in [0.717, 1.165) is 12.8 Å². The molecule has 0 aliphatic heterocycles. The second kappa shape index (κ2) is 14.7. The molecular weight excluding hydrogens is 492 g/mol. The fraction of sp³-hybridized carbons (Fsp3) is 0.407. The summed E-state index contributed by atoms with van der Waals surface area (Å²) in [7, 11) is 0. The lowest BCUT2D eigenvalue weighted by atomic mass is 9.98. The van der Waals surface area contributed by atoms with Gasteiger partial charge in [0.15, 0.2) is 0 Å². The average Bonchev–Trinajstić information content (AvgIpc) is 2.90. The van der Waals surface area contributed by atoms with Gasteiger partial charge in [-0.05, 0) is 24.0 Å². The molecule has 0 aromatic heterocycles. The van der Waals surface area contributed by atoms with E-state index in [4.69, 9.17) is 16.6 Å². The monoisotopic (exact) mass is 526 g/mol. The maximum absolute atomic E-state index is 13.4. The van der Waals surface area contributed by atoms with Crippen LogP contribution in [0.15, 0.2) is 48.5 Å². The molecule has 0 saturated carbocycles. The Balaban J connectivity index is 2.20. The van der Waals surface area contributed by atoms with E-state index in [-0.39, 0.29) is 37.1 Å². The lowest BCUT2D eigenvalue weighted by molar-refractivity contribution is -0.384. The number of aliphatic hydroxyl groups is 1. The molecule has 0 bridgehead atoms. The summed E-state index contributed by atoms with van der Waals surface area (Å²) in [6.07, 6.45) is 2.30. The maximum Gasteiger partial charge on any atom is 0.269 e. The molecule has 5 N–H and O–H groups in total. The molecular formula is C27H34N4O7. The molecule has 2 atom stereocenters. The molecule has 0 unspecified atom stereocenters. The normalized spacial score (nSPS) is 12.4. The van der Waals surface area contributed by atoms with E-state index in [0.29, 0.717) is 17.5 Å². The number of rotatable bonds is 16. The Morgan fingerprint density at radius 1 is 0.974 bits per heavy atom. The first-order chi connectivity index (χ1) is 18.1. The van der Waals surface area contributed by atoms with Crippen LogP contribution < -0.4 is 11.5 Å².